The van der Waals surface area contributed by atoms with Crippen LogP contribution in [0.25, 0.3) is 23.4 Å². The number of nitrogens with zero attached hydrogens (tertiary/aromatic N) is 24. The standard InChI is InChI=1S/C19H18Cl2N6O.C18H16Cl2N6O.C18H14ClF3N6O.C18H13F5N6O/c1-10-9-11(2)23-19(22-10)27-15-7-8-26(12(3)17(15)24-25-27)18(28)13-5-4-6-14(20)16(13)21;1-10-8-21-9-15(22-10)26-14-6-7-25(11(2)17(14)23-24-26)18(27)12-4-3-5-13(19)16(12)20;1-10-16-14(28(26-25-16)11-7-23-9-24-8-11)5-6-27(10)17(29)12-3-2-4-13(15(12)19)18(20,21)22;1-9-15-13(29(27-26-15)17-24-7-10(19)8-25-17)5-6-28(9)16(30)11-3-2-4-12(14(11)20)18(21,22)23/h4-6,9,12H,7-8H2,1-3H3;3-5,8-9,11H,6-7H2,1-2H3;2-4,7-10H,5-6H2,1H3;2-4,7-9H,5-6H2,1H3/t;;10-;/m..0./s1. The highest BCUT2D eigenvalue weighted by Gasteiger charge is 2.42. The van der Waals surface area contributed by atoms with Gasteiger partial charge in [0.1, 0.15) is 40.6 Å². The number of fused-ring (bicyclic) bond motifs is 4. The van der Waals surface area contributed by atoms with E-state index in [0.29, 0.717) is 94.1 Å². The van der Waals surface area contributed by atoms with E-state index in [1.807, 2.05) is 40.7 Å². The number of hydrogen-bond donors (Lipinski definition) is 0. The van der Waals surface area contributed by atoms with Crippen molar-refractivity contribution in [1.29, 1.82) is 0 Å². The molecule has 4 aliphatic heterocycles. The summed E-state index contributed by atoms with van der Waals surface area (Å²) in [5.74, 6) is -2.86. The Kier molecular flexibility index (Phi) is 23.3. The second-order valence-electron chi connectivity index (χ2n) is 26.3. The number of rotatable bonds is 8. The average molecular weight is 1670 g/mol. The van der Waals surface area contributed by atoms with Crippen LogP contribution in [0.2, 0.25) is 25.1 Å². The van der Waals surface area contributed by atoms with E-state index >= 15 is 0 Å². The molecular weight excluding hydrogens is 1610 g/mol. The number of carbonyl (C=O) groups is 4. The summed E-state index contributed by atoms with van der Waals surface area (Å²) in [4.78, 5) is 91.2. The minimum Gasteiger partial charge on any atom is -0.330 e. The van der Waals surface area contributed by atoms with Crippen LogP contribution in [0, 0.1) is 32.4 Å². The van der Waals surface area contributed by atoms with Gasteiger partial charge in [-0.1, -0.05) is 103 Å². The van der Waals surface area contributed by atoms with Gasteiger partial charge in [-0.3, -0.25) is 24.2 Å². The van der Waals surface area contributed by atoms with Crippen molar-refractivity contribution in [2.75, 3.05) is 26.2 Å². The zero-order valence-electron chi connectivity index (χ0n) is 60.8. The van der Waals surface area contributed by atoms with Crippen LogP contribution in [0.5, 0.6) is 0 Å². The molecule has 8 aromatic heterocycles. The van der Waals surface area contributed by atoms with Gasteiger partial charge in [0.15, 0.2) is 11.6 Å². The minimum absolute atomic E-state index is 0.0806. The van der Waals surface area contributed by atoms with Crippen molar-refractivity contribution >= 4 is 81.6 Å². The molecule has 41 heteroatoms. The molecule has 588 valence electrons. The van der Waals surface area contributed by atoms with E-state index in [1.54, 1.807) is 98.9 Å². The molecule has 3 unspecified atom stereocenters. The van der Waals surface area contributed by atoms with E-state index in [1.165, 1.54) is 32.9 Å². The molecule has 16 rings (SSSR count). The first kappa shape index (κ1) is 80.6. The number of carbonyl (C=O) groups excluding carboxylic acids is 4. The monoisotopic (exact) mass is 1660 g/mol. The van der Waals surface area contributed by atoms with Crippen molar-refractivity contribution in [3.63, 3.8) is 0 Å². The summed E-state index contributed by atoms with van der Waals surface area (Å²) in [5, 5.41) is 34.0. The fourth-order valence-electron chi connectivity index (χ4n) is 13.5. The Bertz CT molecular complexity index is 5660. The second-order valence-corrected chi connectivity index (χ2v) is 28.3. The van der Waals surface area contributed by atoms with Crippen molar-refractivity contribution in [2.24, 2.45) is 0 Å². The first-order chi connectivity index (χ1) is 54.3. The molecule has 0 saturated heterocycles. The van der Waals surface area contributed by atoms with Gasteiger partial charge in [-0.15, -0.1) is 20.4 Å². The van der Waals surface area contributed by atoms with E-state index < -0.39 is 69.6 Å². The summed E-state index contributed by atoms with van der Waals surface area (Å²) in [7, 11) is 0. The molecule has 0 saturated carbocycles. The zero-order chi connectivity index (χ0) is 81.5. The topological polar surface area (TPSA) is 307 Å². The number of benzene rings is 4. The highest BCUT2D eigenvalue weighted by molar-refractivity contribution is 6.44. The fraction of sp³-hybridized carbons (Fsp3) is 0.288. The van der Waals surface area contributed by atoms with Gasteiger partial charge in [0, 0.05) is 69.4 Å². The van der Waals surface area contributed by atoms with E-state index in [9.17, 15) is 54.3 Å². The predicted molar refractivity (Wildman–Crippen MR) is 395 cm³/mol. The van der Waals surface area contributed by atoms with Gasteiger partial charge in [0.05, 0.1) is 142 Å². The highest BCUT2D eigenvalue weighted by Crippen LogP contribution is 2.41. The van der Waals surface area contributed by atoms with Crippen LogP contribution in [0.4, 0.5) is 35.1 Å². The molecule has 0 N–H and O–H groups in total. The summed E-state index contributed by atoms with van der Waals surface area (Å²) in [6, 6.07) is 16.2. The molecule has 28 nitrogen and oxygen atoms in total. The third-order valence-corrected chi connectivity index (χ3v) is 21.2. The summed E-state index contributed by atoms with van der Waals surface area (Å²) < 4.78 is 112. The summed E-state index contributed by atoms with van der Waals surface area (Å²) >= 11 is 30.5. The second kappa shape index (κ2) is 32.9. The number of alkyl halides is 6. The van der Waals surface area contributed by atoms with Gasteiger partial charge < -0.3 is 19.6 Å². The Balaban J connectivity index is 0.000000133. The van der Waals surface area contributed by atoms with Gasteiger partial charge in [-0.2, -0.15) is 40.4 Å². The molecule has 0 spiro atoms. The van der Waals surface area contributed by atoms with Gasteiger partial charge in [0.25, 0.3) is 35.5 Å². The number of hydrogen-bond acceptors (Lipinski definition) is 20. The molecule has 4 amide bonds. The first-order valence-electron chi connectivity index (χ1n) is 34.8. The maximum atomic E-state index is 14.4. The van der Waals surface area contributed by atoms with Crippen LogP contribution in [0.1, 0.15) is 167 Å². The molecule has 114 heavy (non-hydrogen) atoms. The third kappa shape index (κ3) is 16.1. The maximum absolute atomic E-state index is 14.4. The number of halogens is 13. The fourth-order valence-corrected chi connectivity index (χ4v) is 14.6. The molecule has 4 aliphatic rings. The lowest BCUT2D eigenvalue weighted by Gasteiger charge is -2.33. The molecule has 4 aromatic carbocycles. The van der Waals surface area contributed by atoms with Gasteiger partial charge >= 0.3 is 12.4 Å². The normalized spacial score (nSPS) is 16.4. The number of amides is 4. The average Bonchev–Trinajstić information content (AvgIpc) is 1.66. The van der Waals surface area contributed by atoms with E-state index in [4.69, 9.17) is 58.0 Å². The lowest BCUT2D eigenvalue weighted by Crippen LogP contribution is -2.40. The quantitative estimate of drug-likeness (QED) is 0.128. The molecule has 12 heterocycles. The zero-order valence-corrected chi connectivity index (χ0v) is 64.6. The molecule has 0 aliphatic carbocycles. The molecule has 0 fully saturated rings. The maximum Gasteiger partial charge on any atom is 0.419 e. The smallest absolute Gasteiger partial charge is 0.330 e. The summed E-state index contributed by atoms with van der Waals surface area (Å²) in [6.45, 7) is 14.3. The van der Waals surface area contributed by atoms with E-state index in [2.05, 4.69) is 81.1 Å². The van der Waals surface area contributed by atoms with Crippen LogP contribution in [0.3, 0.4) is 0 Å². The van der Waals surface area contributed by atoms with Crippen molar-refractivity contribution in [2.45, 2.75) is 111 Å². The van der Waals surface area contributed by atoms with Crippen molar-refractivity contribution < 1.29 is 54.3 Å². The molecular formula is C73H61Cl5F8N24O4. The molecule has 0 radical (unpaired) electrons. The van der Waals surface area contributed by atoms with Gasteiger partial charge in [-0.25, -0.2) is 48.4 Å². The third-order valence-electron chi connectivity index (χ3n) is 19.2. The molecule has 12 aromatic rings. The summed E-state index contributed by atoms with van der Waals surface area (Å²) in [6.07, 6.45) is 2.12. The van der Waals surface area contributed by atoms with Crippen LogP contribution in [-0.4, -0.2) is 169 Å². The largest absolute Gasteiger partial charge is 0.419 e. The Morgan fingerprint density at radius 1 is 0.412 bits per heavy atom. The number of aryl methyl sites for hydroxylation is 3. The predicted octanol–water partition coefficient (Wildman–Crippen LogP) is 13.8. The molecule has 0 bridgehead atoms. The minimum atomic E-state index is -4.92. The van der Waals surface area contributed by atoms with Gasteiger partial charge in [-0.05, 0) is 103 Å². The van der Waals surface area contributed by atoms with Crippen LogP contribution in [-0.2, 0) is 38.0 Å². The SMILES string of the molecule is CC1c2nnn(-c3ncc(F)cn3)c2CCN1C(=O)c1cccc(C(F)(F)F)c1F.C[C@H]1c2nnn(-c3cncnc3)c2CCN1C(=O)c1cccc(C(F)(F)F)c1Cl.Cc1cc(C)nc(-n2nnc3c2CCN(C(=O)c2cccc(Cl)c2Cl)C3C)n1.Cc1cncc(-n2nnc3c2CCN(C(=O)c2cccc(Cl)c2Cl)C3C)n1. The Hall–Kier alpha value is -11.5. The van der Waals surface area contributed by atoms with Crippen LogP contribution < -0.4 is 0 Å². The summed E-state index contributed by atoms with van der Waals surface area (Å²) in [5.41, 5.74) is 6.16. The van der Waals surface area contributed by atoms with Gasteiger partial charge in [0.2, 0.25) is 0 Å². The van der Waals surface area contributed by atoms with Crippen molar-refractivity contribution in [3.8, 4) is 23.4 Å². The van der Waals surface area contributed by atoms with Crippen molar-refractivity contribution in [1.82, 2.24) is 119 Å². The Morgan fingerprint density at radius 3 is 1.24 bits per heavy atom. The highest BCUT2D eigenvalue weighted by atomic mass is 35.5. The Morgan fingerprint density at radius 2 is 0.789 bits per heavy atom. The van der Waals surface area contributed by atoms with E-state index in [-0.39, 0.29) is 65.0 Å². The number of aromatic nitrogens is 20. The Labute approximate surface area is 667 Å². The lowest BCUT2D eigenvalue weighted by atomic mass is 10.0. The first-order valence-corrected chi connectivity index (χ1v) is 36.7. The van der Waals surface area contributed by atoms with Crippen LogP contribution in [0.15, 0.2) is 122 Å². The van der Waals surface area contributed by atoms with Crippen molar-refractivity contribution in [3.05, 3.63) is 255 Å². The van der Waals surface area contributed by atoms with Crippen LogP contribution >= 0.6 is 58.0 Å². The lowest BCUT2D eigenvalue weighted by molar-refractivity contribution is -0.140. The molecule has 4 atom stereocenters. The van der Waals surface area contributed by atoms with E-state index in [0.717, 1.165) is 76.1 Å².